The summed E-state index contributed by atoms with van der Waals surface area (Å²) in [7, 11) is 0. The fourth-order valence-electron chi connectivity index (χ4n) is 2.25. The number of anilines is 1. The smallest absolute Gasteiger partial charge is 0.202 e. The second-order valence-electron chi connectivity index (χ2n) is 4.49. The molecule has 1 atom stereocenters. The first kappa shape index (κ1) is 10.5. The van der Waals surface area contributed by atoms with Gasteiger partial charge in [0.1, 0.15) is 0 Å². The molecule has 3 N–H and O–H groups in total. The van der Waals surface area contributed by atoms with E-state index >= 15 is 0 Å². The van der Waals surface area contributed by atoms with Gasteiger partial charge in [-0.1, -0.05) is 6.42 Å². The molecule has 5 nitrogen and oxygen atoms in total. The second-order valence-corrected chi connectivity index (χ2v) is 4.49. The third kappa shape index (κ3) is 2.39. The summed E-state index contributed by atoms with van der Waals surface area (Å²) in [6, 6.07) is 4.46. The van der Waals surface area contributed by atoms with Crippen molar-refractivity contribution >= 4 is 17.1 Å². The predicted octanol–water partition coefficient (Wildman–Crippen LogP) is 1.51. The summed E-state index contributed by atoms with van der Waals surface area (Å²) in [4.78, 5) is 11.8. The van der Waals surface area contributed by atoms with Crippen molar-refractivity contribution in [2.24, 2.45) is 0 Å². The zero-order valence-corrected chi connectivity index (χ0v) is 9.74. The van der Waals surface area contributed by atoms with Crippen LogP contribution in [0.1, 0.15) is 19.3 Å². The molecule has 2 aromatic heterocycles. The van der Waals surface area contributed by atoms with Crippen molar-refractivity contribution < 1.29 is 0 Å². The molecule has 17 heavy (non-hydrogen) atoms. The van der Waals surface area contributed by atoms with Gasteiger partial charge in [-0.25, -0.2) is 4.98 Å². The van der Waals surface area contributed by atoms with Crippen molar-refractivity contribution in [2.45, 2.75) is 25.3 Å². The van der Waals surface area contributed by atoms with Gasteiger partial charge < -0.3 is 15.6 Å². The molecule has 1 aliphatic rings. The molecule has 0 aliphatic carbocycles. The molecule has 1 fully saturated rings. The summed E-state index contributed by atoms with van der Waals surface area (Å²) in [6.07, 6.45) is 5.62. The minimum Gasteiger partial charge on any atom is -0.354 e. The van der Waals surface area contributed by atoms with Crippen LogP contribution >= 0.6 is 0 Å². The lowest BCUT2D eigenvalue weighted by Gasteiger charge is -2.23. The largest absolute Gasteiger partial charge is 0.354 e. The Balaban J connectivity index is 1.64. The molecule has 0 radical (unpaired) electrons. The lowest BCUT2D eigenvalue weighted by Crippen LogP contribution is -2.39. The third-order valence-electron chi connectivity index (χ3n) is 3.19. The minimum absolute atomic E-state index is 0.560. The van der Waals surface area contributed by atoms with Gasteiger partial charge >= 0.3 is 0 Å². The number of aromatic nitrogens is 3. The van der Waals surface area contributed by atoms with Crippen LogP contribution in [0, 0.1) is 0 Å². The van der Waals surface area contributed by atoms with Gasteiger partial charge in [0, 0.05) is 18.8 Å². The Morgan fingerprint density at radius 3 is 3.24 bits per heavy atom. The SMILES string of the molecule is c1cnc2nc(NC[C@@H]3CCCCN3)[nH]c2c1. The minimum atomic E-state index is 0.560. The van der Waals surface area contributed by atoms with Gasteiger partial charge in [-0.2, -0.15) is 4.98 Å². The Morgan fingerprint density at radius 2 is 2.41 bits per heavy atom. The van der Waals surface area contributed by atoms with Crippen molar-refractivity contribution in [3.8, 4) is 0 Å². The van der Waals surface area contributed by atoms with Crippen molar-refractivity contribution in [2.75, 3.05) is 18.4 Å². The van der Waals surface area contributed by atoms with Crippen LogP contribution in [0.4, 0.5) is 5.95 Å². The number of nitrogens with one attached hydrogen (secondary N) is 3. The van der Waals surface area contributed by atoms with Crippen LogP contribution in [0.15, 0.2) is 18.3 Å². The molecule has 5 heteroatoms. The quantitative estimate of drug-likeness (QED) is 0.749. The standard InChI is InChI=1S/C12H17N5/c1-2-6-13-9(4-1)8-15-12-16-10-5-3-7-14-11(10)17-12/h3,5,7,9,13H,1-2,4,6,8H2,(H2,14,15,16,17)/t9-/m0/s1. The van der Waals surface area contributed by atoms with E-state index in [4.69, 9.17) is 0 Å². The summed E-state index contributed by atoms with van der Waals surface area (Å²) < 4.78 is 0. The first-order valence-electron chi connectivity index (χ1n) is 6.20. The fraction of sp³-hybridized carbons (Fsp3) is 0.500. The van der Waals surface area contributed by atoms with Crippen molar-refractivity contribution in [3.63, 3.8) is 0 Å². The van der Waals surface area contributed by atoms with Crippen LogP contribution in [-0.4, -0.2) is 34.1 Å². The molecular weight excluding hydrogens is 214 g/mol. The zero-order chi connectivity index (χ0) is 11.5. The molecular formula is C12H17N5. The van der Waals surface area contributed by atoms with Crippen LogP contribution in [0.2, 0.25) is 0 Å². The van der Waals surface area contributed by atoms with Crippen molar-refractivity contribution in [1.29, 1.82) is 0 Å². The third-order valence-corrected chi connectivity index (χ3v) is 3.19. The first-order chi connectivity index (χ1) is 8.42. The summed E-state index contributed by atoms with van der Waals surface area (Å²) >= 11 is 0. The number of H-pyrrole nitrogens is 1. The number of hydrogen-bond donors (Lipinski definition) is 3. The topological polar surface area (TPSA) is 65.6 Å². The molecule has 90 valence electrons. The average Bonchev–Trinajstić information content (AvgIpc) is 2.80. The van der Waals surface area contributed by atoms with E-state index < -0.39 is 0 Å². The number of hydrogen-bond acceptors (Lipinski definition) is 4. The van der Waals surface area contributed by atoms with E-state index in [2.05, 4.69) is 25.6 Å². The molecule has 1 aliphatic heterocycles. The van der Waals surface area contributed by atoms with Gasteiger partial charge in [0.25, 0.3) is 0 Å². The highest BCUT2D eigenvalue weighted by Gasteiger charge is 2.12. The molecule has 0 bridgehead atoms. The van der Waals surface area contributed by atoms with Crippen molar-refractivity contribution in [1.82, 2.24) is 20.3 Å². The molecule has 3 heterocycles. The Labute approximate surface area is 100 Å². The fourth-order valence-corrected chi connectivity index (χ4v) is 2.25. The van der Waals surface area contributed by atoms with Crippen LogP contribution < -0.4 is 10.6 Å². The van der Waals surface area contributed by atoms with Gasteiger partial charge in [0.15, 0.2) is 5.65 Å². The summed E-state index contributed by atoms with van der Waals surface area (Å²) in [6.45, 7) is 2.05. The van der Waals surface area contributed by atoms with Crippen molar-refractivity contribution in [3.05, 3.63) is 18.3 Å². The number of nitrogens with zero attached hydrogens (tertiary/aromatic N) is 2. The zero-order valence-electron chi connectivity index (χ0n) is 9.74. The number of aromatic amines is 1. The Bertz CT molecular complexity index is 453. The highest BCUT2D eigenvalue weighted by atomic mass is 15.1. The summed E-state index contributed by atoms with van der Waals surface area (Å²) in [5, 5.41) is 6.84. The van der Waals surface area contributed by atoms with Gasteiger partial charge in [-0.3, -0.25) is 0 Å². The number of imidazole rings is 1. The summed E-state index contributed by atoms with van der Waals surface area (Å²) in [5.41, 5.74) is 1.75. The molecule has 0 saturated carbocycles. The van der Waals surface area contributed by atoms with Crippen LogP contribution in [0.3, 0.4) is 0 Å². The van der Waals surface area contributed by atoms with E-state index in [1.807, 2.05) is 12.1 Å². The maximum absolute atomic E-state index is 4.39. The predicted molar refractivity (Wildman–Crippen MR) is 68.0 cm³/mol. The number of piperidine rings is 1. The first-order valence-corrected chi connectivity index (χ1v) is 6.20. The summed E-state index contributed by atoms with van der Waals surface area (Å²) in [5.74, 6) is 0.811. The highest BCUT2D eigenvalue weighted by Crippen LogP contribution is 2.12. The van der Waals surface area contributed by atoms with Gasteiger partial charge in [0.2, 0.25) is 5.95 Å². The Morgan fingerprint density at radius 1 is 1.41 bits per heavy atom. The van der Waals surface area contributed by atoms with Crippen LogP contribution in [0.5, 0.6) is 0 Å². The highest BCUT2D eigenvalue weighted by molar-refractivity contribution is 5.72. The molecule has 0 spiro atoms. The number of fused-ring (bicyclic) bond motifs is 1. The van der Waals surface area contributed by atoms with E-state index in [0.717, 1.165) is 30.2 Å². The van der Waals surface area contributed by atoms with Crippen LogP contribution in [-0.2, 0) is 0 Å². The Hall–Kier alpha value is -1.62. The molecule has 2 aromatic rings. The molecule has 0 aromatic carbocycles. The lowest BCUT2D eigenvalue weighted by atomic mass is 10.1. The molecule has 0 amide bonds. The van der Waals surface area contributed by atoms with E-state index in [1.165, 1.54) is 19.3 Å². The van der Waals surface area contributed by atoms with Gasteiger partial charge in [-0.05, 0) is 31.5 Å². The van der Waals surface area contributed by atoms with E-state index in [9.17, 15) is 0 Å². The second kappa shape index (κ2) is 4.71. The molecule has 1 saturated heterocycles. The van der Waals surface area contributed by atoms with E-state index in [0.29, 0.717) is 6.04 Å². The Kier molecular flexibility index (Phi) is 2.92. The van der Waals surface area contributed by atoms with Crippen LogP contribution in [0.25, 0.3) is 11.2 Å². The average molecular weight is 231 g/mol. The van der Waals surface area contributed by atoms with Gasteiger partial charge in [-0.15, -0.1) is 0 Å². The van der Waals surface area contributed by atoms with E-state index in [-0.39, 0.29) is 0 Å². The number of pyridine rings is 1. The molecule has 0 unspecified atom stereocenters. The maximum Gasteiger partial charge on any atom is 0.202 e. The molecule has 3 rings (SSSR count). The monoisotopic (exact) mass is 231 g/mol. The lowest BCUT2D eigenvalue weighted by molar-refractivity contribution is 0.414. The van der Waals surface area contributed by atoms with E-state index in [1.54, 1.807) is 6.20 Å². The number of rotatable bonds is 3. The normalized spacial score (nSPS) is 20.6. The maximum atomic E-state index is 4.39. The van der Waals surface area contributed by atoms with Gasteiger partial charge in [0.05, 0.1) is 5.52 Å².